The Balaban J connectivity index is 2.35. The van der Waals surface area contributed by atoms with E-state index in [1.807, 2.05) is 0 Å². The second-order valence-corrected chi connectivity index (χ2v) is 4.04. The molecule has 18 heavy (non-hydrogen) atoms. The van der Waals surface area contributed by atoms with Crippen molar-refractivity contribution in [1.82, 2.24) is 5.32 Å². The fourth-order valence-corrected chi connectivity index (χ4v) is 1.51. The fraction of sp³-hybridized carbons (Fsp3) is 0.273. The molecular weight excluding hydrogens is 240 g/mol. The van der Waals surface area contributed by atoms with Crippen LogP contribution in [0.4, 0.5) is 5.69 Å². The molecule has 7 heteroatoms. The summed E-state index contributed by atoms with van der Waals surface area (Å²) in [5, 5.41) is 22.2. The van der Waals surface area contributed by atoms with Gasteiger partial charge in [-0.3, -0.25) is 14.9 Å². The van der Waals surface area contributed by atoms with Crippen molar-refractivity contribution in [3.63, 3.8) is 0 Å². The Labute approximate surface area is 102 Å². The van der Waals surface area contributed by atoms with Crippen LogP contribution < -0.4 is 5.32 Å². The van der Waals surface area contributed by atoms with Crippen LogP contribution in [0.15, 0.2) is 18.2 Å². The zero-order valence-corrected chi connectivity index (χ0v) is 9.25. The molecule has 1 aromatic rings. The average Bonchev–Trinajstić information content (AvgIpc) is 3.11. The van der Waals surface area contributed by atoms with Gasteiger partial charge >= 0.3 is 5.97 Å². The third kappa shape index (κ3) is 2.45. The summed E-state index contributed by atoms with van der Waals surface area (Å²) in [6, 6.07) is 3.27. The van der Waals surface area contributed by atoms with Crippen LogP contribution in [-0.2, 0) is 0 Å². The van der Waals surface area contributed by atoms with Crippen LogP contribution in [0.3, 0.4) is 0 Å². The van der Waals surface area contributed by atoms with E-state index in [1.165, 1.54) is 6.07 Å². The lowest BCUT2D eigenvalue weighted by atomic mass is 10.1. The van der Waals surface area contributed by atoms with Gasteiger partial charge in [0, 0.05) is 18.2 Å². The molecule has 0 saturated heterocycles. The number of nitrogens with one attached hydrogen (secondary N) is 1. The molecule has 2 N–H and O–H groups in total. The number of carbonyl (C=O) groups excluding carboxylic acids is 1. The number of carboxylic acid groups (broad SMARTS) is 1. The summed E-state index contributed by atoms with van der Waals surface area (Å²) in [4.78, 5) is 32.6. The van der Waals surface area contributed by atoms with E-state index >= 15 is 0 Å². The van der Waals surface area contributed by atoms with Crippen molar-refractivity contribution in [3.05, 3.63) is 39.4 Å². The van der Waals surface area contributed by atoms with E-state index in [4.69, 9.17) is 5.11 Å². The quantitative estimate of drug-likeness (QED) is 0.616. The maximum absolute atomic E-state index is 11.8. The number of rotatable bonds is 4. The molecule has 2 rings (SSSR count). The number of hydrogen-bond donors (Lipinski definition) is 2. The Kier molecular flexibility index (Phi) is 2.97. The van der Waals surface area contributed by atoms with E-state index in [9.17, 15) is 19.7 Å². The molecule has 1 amide bonds. The number of hydrogen-bond acceptors (Lipinski definition) is 4. The van der Waals surface area contributed by atoms with E-state index in [0.29, 0.717) is 0 Å². The minimum Gasteiger partial charge on any atom is -0.478 e. The maximum Gasteiger partial charge on any atom is 0.336 e. The van der Waals surface area contributed by atoms with E-state index in [-0.39, 0.29) is 22.9 Å². The maximum atomic E-state index is 11.8. The minimum atomic E-state index is -1.36. The van der Waals surface area contributed by atoms with Gasteiger partial charge in [0.25, 0.3) is 11.6 Å². The van der Waals surface area contributed by atoms with Gasteiger partial charge in [-0.2, -0.15) is 0 Å². The van der Waals surface area contributed by atoms with Gasteiger partial charge in [-0.25, -0.2) is 4.79 Å². The second-order valence-electron chi connectivity index (χ2n) is 4.04. The zero-order valence-electron chi connectivity index (χ0n) is 9.25. The number of non-ortho nitro benzene ring substituents is 1. The Hall–Kier alpha value is -2.44. The molecule has 7 nitrogen and oxygen atoms in total. The predicted octanol–water partition coefficient (Wildman–Crippen LogP) is 1.19. The molecule has 0 aromatic heterocycles. The number of benzene rings is 1. The Bertz CT molecular complexity index is 536. The molecule has 0 radical (unpaired) electrons. The monoisotopic (exact) mass is 250 g/mol. The number of carboxylic acids is 1. The van der Waals surface area contributed by atoms with Crippen molar-refractivity contribution >= 4 is 17.6 Å². The average molecular weight is 250 g/mol. The van der Waals surface area contributed by atoms with Crippen LogP contribution in [-0.4, -0.2) is 27.9 Å². The number of nitrogens with zero attached hydrogens (tertiary/aromatic N) is 1. The van der Waals surface area contributed by atoms with Gasteiger partial charge in [0.1, 0.15) is 0 Å². The summed E-state index contributed by atoms with van der Waals surface area (Å²) in [6.45, 7) is 0. The number of amides is 1. The minimum absolute atomic E-state index is 0.0556. The van der Waals surface area contributed by atoms with Gasteiger partial charge in [0.05, 0.1) is 16.1 Å². The molecule has 0 aliphatic heterocycles. The standard InChI is InChI=1S/C11H10N2O5/c14-10(12-6-1-2-6)8-4-3-7(13(17)18)5-9(8)11(15)16/h3-6H,1-2H2,(H,12,14)(H,15,16). The van der Waals surface area contributed by atoms with Gasteiger partial charge in [0.15, 0.2) is 0 Å². The predicted molar refractivity (Wildman–Crippen MR) is 60.5 cm³/mol. The summed E-state index contributed by atoms with van der Waals surface area (Å²) in [5.41, 5.74) is -0.766. The molecule has 0 bridgehead atoms. The molecular formula is C11H10N2O5. The first-order chi connectivity index (χ1) is 8.49. The van der Waals surface area contributed by atoms with Crippen molar-refractivity contribution in [2.75, 3.05) is 0 Å². The molecule has 1 saturated carbocycles. The first kappa shape index (κ1) is 12.0. The number of nitro benzene ring substituents is 1. The van der Waals surface area contributed by atoms with Crippen molar-refractivity contribution < 1.29 is 19.6 Å². The van der Waals surface area contributed by atoms with Gasteiger partial charge in [-0.05, 0) is 18.9 Å². The molecule has 0 atom stereocenters. The topological polar surface area (TPSA) is 110 Å². The van der Waals surface area contributed by atoms with E-state index in [2.05, 4.69) is 5.32 Å². The van der Waals surface area contributed by atoms with Crippen molar-refractivity contribution in [2.45, 2.75) is 18.9 Å². The van der Waals surface area contributed by atoms with Crippen molar-refractivity contribution in [1.29, 1.82) is 0 Å². The fourth-order valence-electron chi connectivity index (χ4n) is 1.51. The summed E-state index contributed by atoms with van der Waals surface area (Å²) < 4.78 is 0. The third-order valence-electron chi connectivity index (χ3n) is 2.60. The largest absolute Gasteiger partial charge is 0.478 e. The highest BCUT2D eigenvalue weighted by atomic mass is 16.6. The first-order valence-corrected chi connectivity index (χ1v) is 5.31. The second kappa shape index (κ2) is 4.44. The van der Waals surface area contributed by atoms with Crippen LogP contribution in [0.1, 0.15) is 33.6 Å². The van der Waals surface area contributed by atoms with Crippen LogP contribution in [0, 0.1) is 10.1 Å². The van der Waals surface area contributed by atoms with Gasteiger partial charge in [-0.1, -0.05) is 0 Å². The number of nitro groups is 1. The van der Waals surface area contributed by atoms with Crippen LogP contribution in [0.2, 0.25) is 0 Å². The van der Waals surface area contributed by atoms with E-state index in [0.717, 1.165) is 25.0 Å². The molecule has 0 unspecified atom stereocenters. The third-order valence-corrected chi connectivity index (χ3v) is 2.60. The molecule has 0 heterocycles. The van der Waals surface area contributed by atoms with Crippen LogP contribution in [0.5, 0.6) is 0 Å². The van der Waals surface area contributed by atoms with Crippen LogP contribution in [0.25, 0.3) is 0 Å². The molecule has 1 fully saturated rings. The van der Waals surface area contributed by atoms with E-state index < -0.39 is 16.8 Å². The molecule has 1 aliphatic carbocycles. The van der Waals surface area contributed by atoms with Crippen molar-refractivity contribution in [2.24, 2.45) is 0 Å². The normalized spacial score (nSPS) is 14.0. The lowest BCUT2D eigenvalue weighted by Crippen LogP contribution is -2.27. The first-order valence-electron chi connectivity index (χ1n) is 5.31. The lowest BCUT2D eigenvalue weighted by Gasteiger charge is -2.06. The highest BCUT2D eigenvalue weighted by Crippen LogP contribution is 2.22. The van der Waals surface area contributed by atoms with Gasteiger partial charge < -0.3 is 10.4 Å². The Morgan fingerprint density at radius 1 is 1.33 bits per heavy atom. The SMILES string of the molecule is O=C(O)c1cc([N+](=O)[O-])ccc1C(=O)NC1CC1. The summed E-state index contributed by atoms with van der Waals surface area (Å²) in [6.07, 6.45) is 1.75. The highest BCUT2D eigenvalue weighted by molar-refractivity contribution is 6.05. The summed E-state index contributed by atoms with van der Waals surface area (Å²) in [5.74, 6) is -1.87. The molecule has 1 aromatic carbocycles. The van der Waals surface area contributed by atoms with Gasteiger partial charge in [0.2, 0.25) is 0 Å². The lowest BCUT2D eigenvalue weighted by molar-refractivity contribution is -0.384. The number of aromatic carboxylic acids is 1. The molecule has 1 aliphatic rings. The van der Waals surface area contributed by atoms with E-state index in [1.54, 1.807) is 0 Å². The smallest absolute Gasteiger partial charge is 0.336 e. The summed E-state index contributed by atoms with van der Waals surface area (Å²) in [7, 11) is 0. The molecule has 94 valence electrons. The zero-order chi connectivity index (χ0) is 13.3. The highest BCUT2D eigenvalue weighted by Gasteiger charge is 2.26. The van der Waals surface area contributed by atoms with Gasteiger partial charge in [-0.15, -0.1) is 0 Å². The van der Waals surface area contributed by atoms with Crippen LogP contribution >= 0.6 is 0 Å². The van der Waals surface area contributed by atoms with Crippen molar-refractivity contribution in [3.8, 4) is 0 Å². The molecule has 0 spiro atoms. The Morgan fingerprint density at radius 3 is 2.50 bits per heavy atom. The summed E-state index contributed by atoms with van der Waals surface area (Å²) >= 11 is 0. The number of carbonyl (C=O) groups is 2. The Morgan fingerprint density at radius 2 is 2.00 bits per heavy atom.